The highest BCUT2D eigenvalue weighted by Crippen LogP contribution is 2.33. The van der Waals surface area contributed by atoms with Crippen LogP contribution in [0.2, 0.25) is 0 Å². The summed E-state index contributed by atoms with van der Waals surface area (Å²) in [5, 5.41) is 11.0. The number of hydrogen-bond donors (Lipinski definition) is 1. The molecule has 2 heterocycles. The van der Waals surface area contributed by atoms with Crippen molar-refractivity contribution in [2.75, 3.05) is 57.5 Å². The molecule has 0 spiro atoms. The Labute approximate surface area is 160 Å². The van der Waals surface area contributed by atoms with Gasteiger partial charge in [0.25, 0.3) is 10.4 Å². The molecule has 1 unspecified atom stereocenters. The molecule has 0 saturated carbocycles. The smallest absolute Gasteiger partial charge is 0.311 e. The monoisotopic (exact) mass is 399 g/mol. The van der Waals surface area contributed by atoms with Gasteiger partial charge in [0.1, 0.15) is 0 Å². The van der Waals surface area contributed by atoms with Gasteiger partial charge in [0, 0.05) is 50.0 Å². The van der Waals surface area contributed by atoms with Gasteiger partial charge in [-0.15, -0.1) is 0 Å². The Bertz CT molecular complexity index is 724. The van der Waals surface area contributed by atoms with Crippen LogP contribution in [0.25, 0.3) is 0 Å². The Kier molecular flexibility index (Phi) is 5.99. The number of nitro groups is 1. The third-order valence-corrected chi connectivity index (χ3v) is 6.78. The molecule has 0 aromatic heterocycles. The predicted octanol–water partition coefficient (Wildman–Crippen LogP) is 1.71. The lowest BCUT2D eigenvalue weighted by molar-refractivity contribution is -0.385. The quantitative estimate of drug-likeness (QED) is 0.457. The molecule has 10 heteroatoms. The van der Waals surface area contributed by atoms with E-state index in [1.165, 1.54) is 19.4 Å². The summed E-state index contributed by atoms with van der Waals surface area (Å²) in [7, 11) is -1.41. The normalized spacial score (nSPS) is 22.4. The van der Waals surface area contributed by atoms with E-state index in [-0.39, 0.29) is 11.4 Å². The fraction of sp³-hybridized carbons (Fsp3) is 0.647. The first kappa shape index (κ1) is 20.0. The van der Waals surface area contributed by atoms with Gasteiger partial charge in [-0.3, -0.25) is 15.0 Å². The van der Waals surface area contributed by atoms with Gasteiger partial charge in [-0.25, -0.2) is 0 Å². The maximum atomic E-state index is 11.7. The molecule has 0 aliphatic carbocycles. The number of piperazine rings is 1. The van der Waals surface area contributed by atoms with Gasteiger partial charge in [0.05, 0.1) is 25.1 Å². The summed E-state index contributed by atoms with van der Waals surface area (Å²) in [5.74, 6) is 0.280. The number of anilines is 1. The van der Waals surface area contributed by atoms with Crippen LogP contribution in [0.5, 0.6) is 5.75 Å². The zero-order valence-electron chi connectivity index (χ0n) is 15.7. The minimum atomic E-state index is -2.85. The zero-order chi connectivity index (χ0) is 19.6. The molecule has 9 nitrogen and oxygen atoms in total. The van der Waals surface area contributed by atoms with Crippen LogP contribution in [0.15, 0.2) is 18.2 Å². The first-order valence-corrected chi connectivity index (χ1v) is 11.0. The molecule has 2 saturated heterocycles. The van der Waals surface area contributed by atoms with Crippen LogP contribution in [0.3, 0.4) is 0 Å². The van der Waals surface area contributed by atoms with Crippen LogP contribution in [0.4, 0.5) is 11.4 Å². The van der Waals surface area contributed by atoms with Gasteiger partial charge in [0.15, 0.2) is 12.0 Å². The van der Waals surface area contributed by atoms with E-state index in [4.69, 9.17) is 4.74 Å². The van der Waals surface area contributed by atoms with Crippen LogP contribution >= 0.6 is 0 Å². The SMILES string of the molecule is COc1cc(N2CCC(N3CCN([S+](C)(=O)O)CC3)CC2)ccc1[N+](=O)[O-]. The Morgan fingerprint density at radius 2 is 1.81 bits per heavy atom. The van der Waals surface area contributed by atoms with E-state index in [1.54, 1.807) is 16.4 Å². The van der Waals surface area contributed by atoms with E-state index in [0.717, 1.165) is 44.7 Å². The first-order valence-electron chi connectivity index (χ1n) is 9.07. The number of nitrogens with zero attached hydrogens (tertiary/aromatic N) is 4. The number of piperidine rings is 1. The van der Waals surface area contributed by atoms with Crippen molar-refractivity contribution >= 4 is 21.8 Å². The largest absolute Gasteiger partial charge is 0.490 e. The van der Waals surface area contributed by atoms with Crippen LogP contribution in [0.1, 0.15) is 12.8 Å². The molecule has 1 atom stereocenters. The van der Waals surface area contributed by atoms with Crippen molar-refractivity contribution in [3.8, 4) is 5.75 Å². The zero-order valence-corrected chi connectivity index (χ0v) is 16.6. The minimum absolute atomic E-state index is 0.0228. The summed E-state index contributed by atoms with van der Waals surface area (Å²) >= 11 is 0. The second kappa shape index (κ2) is 8.09. The number of methoxy groups -OCH3 is 1. The summed E-state index contributed by atoms with van der Waals surface area (Å²) in [6, 6.07) is 5.47. The van der Waals surface area contributed by atoms with E-state index >= 15 is 0 Å². The van der Waals surface area contributed by atoms with Crippen molar-refractivity contribution in [2.24, 2.45) is 0 Å². The highest BCUT2D eigenvalue weighted by atomic mass is 32.3. The molecular formula is C17H27N4O5S+. The average molecular weight is 399 g/mol. The van der Waals surface area contributed by atoms with Crippen LogP contribution in [-0.4, -0.2) is 77.4 Å². The predicted molar refractivity (Wildman–Crippen MR) is 105 cm³/mol. The maximum absolute atomic E-state index is 11.7. The molecule has 0 amide bonds. The molecule has 1 aromatic carbocycles. The molecule has 0 bridgehead atoms. The van der Waals surface area contributed by atoms with E-state index in [2.05, 4.69) is 9.80 Å². The molecule has 2 fully saturated rings. The molecule has 1 aromatic rings. The van der Waals surface area contributed by atoms with Gasteiger partial charge >= 0.3 is 5.69 Å². The lowest BCUT2D eigenvalue weighted by atomic mass is 10.0. The topological polar surface area (TPSA) is 99.4 Å². The Morgan fingerprint density at radius 1 is 1.19 bits per heavy atom. The van der Waals surface area contributed by atoms with Gasteiger partial charge in [-0.05, 0) is 23.1 Å². The fourth-order valence-corrected chi connectivity index (χ4v) is 4.75. The van der Waals surface area contributed by atoms with Crippen molar-refractivity contribution in [2.45, 2.75) is 18.9 Å². The number of hydrogen-bond acceptors (Lipinski definition) is 6. The molecule has 2 aliphatic rings. The van der Waals surface area contributed by atoms with Gasteiger partial charge in [-0.1, -0.05) is 4.31 Å². The molecule has 150 valence electrons. The number of nitro benzene ring substituents is 1. The molecule has 0 radical (unpaired) electrons. The van der Waals surface area contributed by atoms with E-state index in [1.807, 2.05) is 0 Å². The summed E-state index contributed by atoms with van der Waals surface area (Å²) in [6.07, 6.45) is 3.37. The van der Waals surface area contributed by atoms with Crippen molar-refractivity contribution in [1.82, 2.24) is 9.21 Å². The Hall–Kier alpha value is -1.75. The minimum Gasteiger partial charge on any atom is -0.490 e. The van der Waals surface area contributed by atoms with Crippen molar-refractivity contribution in [3.63, 3.8) is 0 Å². The van der Waals surface area contributed by atoms with E-state index in [0.29, 0.717) is 19.1 Å². The molecule has 1 N–H and O–H groups in total. The Morgan fingerprint density at radius 3 is 2.33 bits per heavy atom. The summed E-state index contributed by atoms with van der Waals surface area (Å²) in [5.41, 5.74) is 0.914. The van der Waals surface area contributed by atoms with E-state index < -0.39 is 15.3 Å². The molecule has 27 heavy (non-hydrogen) atoms. The van der Waals surface area contributed by atoms with Crippen molar-refractivity contribution < 1.29 is 18.4 Å². The summed E-state index contributed by atoms with van der Waals surface area (Å²) in [6.45, 7) is 4.59. The highest BCUT2D eigenvalue weighted by molar-refractivity contribution is 7.94. The lowest BCUT2D eigenvalue weighted by Crippen LogP contribution is -2.55. The van der Waals surface area contributed by atoms with Crippen LogP contribution in [-0.2, 0) is 14.6 Å². The van der Waals surface area contributed by atoms with Crippen molar-refractivity contribution in [3.05, 3.63) is 28.3 Å². The van der Waals surface area contributed by atoms with E-state index in [9.17, 15) is 18.9 Å². The molecule has 3 rings (SSSR count). The second-order valence-corrected chi connectivity index (χ2v) is 9.10. The number of ether oxygens (including phenoxy) is 1. The van der Waals surface area contributed by atoms with Gasteiger partial charge in [0.2, 0.25) is 0 Å². The maximum Gasteiger partial charge on any atom is 0.311 e. The van der Waals surface area contributed by atoms with Gasteiger partial charge < -0.3 is 9.64 Å². The fourth-order valence-electron chi connectivity index (χ4n) is 3.91. The third-order valence-electron chi connectivity index (χ3n) is 5.46. The number of rotatable bonds is 5. The standard InChI is InChI=1S/C17H26N4O5S/c1-26-17-13-15(3-4-16(17)21(22)23)18-7-5-14(6-8-18)19-9-11-20(12-10-19)27(2,24)25/h3-4,13-14H,5-12H2,1-2H3/p+1. The summed E-state index contributed by atoms with van der Waals surface area (Å²) in [4.78, 5) is 15.2. The second-order valence-electron chi connectivity index (χ2n) is 7.06. The molecular weight excluding hydrogens is 372 g/mol. The highest BCUT2D eigenvalue weighted by Gasteiger charge is 2.35. The Balaban J connectivity index is 1.57. The van der Waals surface area contributed by atoms with Crippen LogP contribution < -0.4 is 9.64 Å². The number of benzene rings is 1. The lowest BCUT2D eigenvalue weighted by Gasteiger charge is -2.42. The average Bonchev–Trinajstić information content (AvgIpc) is 2.67. The third kappa shape index (κ3) is 4.57. The van der Waals surface area contributed by atoms with Gasteiger partial charge in [-0.2, -0.15) is 4.55 Å². The van der Waals surface area contributed by atoms with Crippen molar-refractivity contribution in [1.29, 1.82) is 0 Å². The van der Waals surface area contributed by atoms with Crippen LogP contribution in [0, 0.1) is 10.1 Å². The molecule has 2 aliphatic heterocycles. The first-order chi connectivity index (χ1) is 12.8. The summed E-state index contributed by atoms with van der Waals surface area (Å²) < 4.78 is 28.2.